The van der Waals surface area contributed by atoms with Crippen molar-refractivity contribution in [3.8, 4) is 0 Å². The molecule has 0 spiro atoms. The van der Waals surface area contributed by atoms with Crippen molar-refractivity contribution in [2.75, 3.05) is 0 Å². The Morgan fingerprint density at radius 1 is 1.10 bits per heavy atom. The highest BCUT2D eigenvalue weighted by Crippen LogP contribution is 2.63. The molecule has 4 rings (SSSR count). The summed E-state index contributed by atoms with van der Waals surface area (Å²) < 4.78 is 0. The van der Waals surface area contributed by atoms with Gasteiger partial charge in [0.05, 0.1) is 12.2 Å². The molecule has 0 aliphatic heterocycles. The average molecular weight is 288 g/mol. The van der Waals surface area contributed by atoms with Crippen molar-refractivity contribution >= 4 is 0 Å². The van der Waals surface area contributed by atoms with Crippen LogP contribution in [0.3, 0.4) is 0 Å². The molecule has 3 saturated carbocycles. The molecule has 0 aromatic carbocycles. The van der Waals surface area contributed by atoms with Gasteiger partial charge in [-0.05, 0) is 55.3 Å². The van der Waals surface area contributed by atoms with E-state index in [4.69, 9.17) is 0 Å². The summed E-state index contributed by atoms with van der Waals surface area (Å²) in [5.41, 5.74) is 3.29. The zero-order valence-corrected chi connectivity index (χ0v) is 13.3. The van der Waals surface area contributed by atoms with E-state index in [9.17, 15) is 10.2 Å². The fraction of sp³-hybridized carbons (Fsp3) is 0.789. The molecular weight excluding hydrogens is 260 g/mol. The SMILES string of the molecule is C[C@@]12CCC[C@H]1C1=CC=C3C[C@@H](O)CC[C@@]3(C)[C@@H]1[C@H](O)C2. The number of allylic oxidation sites excluding steroid dienone is 2. The quantitative estimate of drug-likeness (QED) is 0.715. The second-order valence-corrected chi connectivity index (χ2v) is 8.52. The summed E-state index contributed by atoms with van der Waals surface area (Å²) in [5.74, 6) is 0.966. The largest absolute Gasteiger partial charge is 0.393 e. The molecular formula is C19H28O2. The Balaban J connectivity index is 1.78. The van der Waals surface area contributed by atoms with E-state index in [0.717, 1.165) is 25.7 Å². The number of aliphatic hydroxyl groups excluding tert-OH is 2. The molecule has 0 saturated heterocycles. The van der Waals surface area contributed by atoms with Crippen molar-refractivity contribution in [2.45, 2.75) is 71.0 Å². The van der Waals surface area contributed by atoms with E-state index in [2.05, 4.69) is 26.0 Å². The molecule has 0 amide bonds. The van der Waals surface area contributed by atoms with Gasteiger partial charge in [-0.25, -0.2) is 0 Å². The second-order valence-electron chi connectivity index (χ2n) is 8.52. The van der Waals surface area contributed by atoms with Crippen LogP contribution in [0, 0.1) is 22.7 Å². The maximum Gasteiger partial charge on any atom is 0.0619 e. The lowest BCUT2D eigenvalue weighted by Crippen LogP contribution is -2.51. The molecule has 0 aromatic rings. The summed E-state index contributed by atoms with van der Waals surface area (Å²) in [5, 5.41) is 20.9. The Hall–Kier alpha value is -0.600. The van der Waals surface area contributed by atoms with Gasteiger partial charge in [0.1, 0.15) is 0 Å². The topological polar surface area (TPSA) is 40.5 Å². The summed E-state index contributed by atoms with van der Waals surface area (Å²) >= 11 is 0. The van der Waals surface area contributed by atoms with Gasteiger partial charge in [0.15, 0.2) is 0 Å². The number of aliphatic hydroxyl groups is 2. The monoisotopic (exact) mass is 288 g/mol. The van der Waals surface area contributed by atoms with Crippen molar-refractivity contribution < 1.29 is 10.2 Å². The van der Waals surface area contributed by atoms with Crippen LogP contribution in [0.25, 0.3) is 0 Å². The minimum Gasteiger partial charge on any atom is -0.393 e. The van der Waals surface area contributed by atoms with Gasteiger partial charge in [-0.15, -0.1) is 0 Å². The maximum absolute atomic E-state index is 11.0. The molecule has 4 aliphatic rings. The first kappa shape index (κ1) is 14.0. The van der Waals surface area contributed by atoms with E-state index in [-0.39, 0.29) is 17.6 Å². The summed E-state index contributed by atoms with van der Waals surface area (Å²) in [6.07, 6.45) is 11.7. The molecule has 3 fully saturated rings. The minimum atomic E-state index is -0.209. The predicted octanol–water partition coefficient (Wildman–Crippen LogP) is 3.59. The Bertz CT molecular complexity index is 520. The van der Waals surface area contributed by atoms with Gasteiger partial charge in [-0.1, -0.05) is 43.6 Å². The van der Waals surface area contributed by atoms with Crippen LogP contribution in [0.2, 0.25) is 0 Å². The van der Waals surface area contributed by atoms with E-state index in [1.807, 2.05) is 0 Å². The summed E-state index contributed by atoms with van der Waals surface area (Å²) in [7, 11) is 0. The van der Waals surface area contributed by atoms with Gasteiger partial charge >= 0.3 is 0 Å². The van der Waals surface area contributed by atoms with Crippen LogP contribution in [0.5, 0.6) is 0 Å². The highest BCUT2D eigenvalue weighted by atomic mass is 16.3. The Labute approximate surface area is 127 Å². The molecule has 0 aromatic heterocycles. The van der Waals surface area contributed by atoms with Crippen molar-refractivity contribution in [3.05, 3.63) is 23.3 Å². The third-order valence-electron chi connectivity index (χ3n) is 7.25. The normalized spacial score (nSPS) is 52.4. The number of rotatable bonds is 0. The molecule has 0 bridgehead atoms. The van der Waals surface area contributed by atoms with Crippen LogP contribution in [0.4, 0.5) is 0 Å². The van der Waals surface area contributed by atoms with Crippen LogP contribution in [0.1, 0.15) is 58.8 Å². The molecule has 2 heteroatoms. The van der Waals surface area contributed by atoms with Crippen LogP contribution in [-0.4, -0.2) is 22.4 Å². The highest BCUT2D eigenvalue weighted by molar-refractivity contribution is 5.39. The first-order chi connectivity index (χ1) is 9.94. The Morgan fingerprint density at radius 3 is 2.71 bits per heavy atom. The number of hydrogen-bond acceptors (Lipinski definition) is 2. The van der Waals surface area contributed by atoms with Crippen LogP contribution < -0.4 is 0 Å². The van der Waals surface area contributed by atoms with Crippen molar-refractivity contribution in [3.63, 3.8) is 0 Å². The minimum absolute atomic E-state index is 0.0760. The molecule has 21 heavy (non-hydrogen) atoms. The fourth-order valence-corrected chi connectivity index (χ4v) is 6.12. The van der Waals surface area contributed by atoms with E-state index < -0.39 is 0 Å². The van der Waals surface area contributed by atoms with Crippen molar-refractivity contribution in [1.82, 2.24) is 0 Å². The highest BCUT2D eigenvalue weighted by Gasteiger charge is 2.56. The molecule has 0 radical (unpaired) electrons. The lowest BCUT2D eigenvalue weighted by atomic mass is 9.50. The summed E-state index contributed by atoms with van der Waals surface area (Å²) in [4.78, 5) is 0. The Morgan fingerprint density at radius 2 is 1.90 bits per heavy atom. The van der Waals surface area contributed by atoms with E-state index >= 15 is 0 Å². The van der Waals surface area contributed by atoms with Crippen molar-refractivity contribution in [1.29, 1.82) is 0 Å². The smallest absolute Gasteiger partial charge is 0.0619 e. The molecule has 4 aliphatic carbocycles. The first-order valence-electron chi connectivity index (χ1n) is 8.71. The van der Waals surface area contributed by atoms with Gasteiger partial charge in [-0.3, -0.25) is 0 Å². The Kier molecular flexibility index (Phi) is 2.97. The molecule has 0 unspecified atom stereocenters. The maximum atomic E-state index is 11.0. The van der Waals surface area contributed by atoms with E-state index in [1.165, 1.54) is 30.4 Å². The number of fused-ring (bicyclic) bond motifs is 5. The van der Waals surface area contributed by atoms with Gasteiger partial charge in [0.2, 0.25) is 0 Å². The standard InChI is InChI=1S/C19H28O2/c1-18-8-3-4-15(18)14-6-5-12-10-13(20)7-9-19(12,2)17(14)16(21)11-18/h5-6,13,15-17,20-21H,3-4,7-11H2,1-2H3/t13-,15-,16+,17-,18-,19+/m0/s1. The fourth-order valence-electron chi connectivity index (χ4n) is 6.12. The lowest BCUT2D eigenvalue weighted by molar-refractivity contribution is -0.0352. The average Bonchev–Trinajstić information content (AvgIpc) is 2.80. The van der Waals surface area contributed by atoms with Gasteiger partial charge < -0.3 is 10.2 Å². The van der Waals surface area contributed by atoms with Crippen molar-refractivity contribution in [2.24, 2.45) is 22.7 Å². The van der Waals surface area contributed by atoms with Gasteiger partial charge in [-0.2, -0.15) is 0 Å². The molecule has 6 atom stereocenters. The van der Waals surface area contributed by atoms with Gasteiger partial charge in [0.25, 0.3) is 0 Å². The zero-order valence-electron chi connectivity index (χ0n) is 13.3. The first-order valence-corrected chi connectivity index (χ1v) is 8.71. The van der Waals surface area contributed by atoms with Gasteiger partial charge in [0, 0.05) is 5.92 Å². The molecule has 2 N–H and O–H groups in total. The van der Waals surface area contributed by atoms with Crippen LogP contribution in [0.15, 0.2) is 23.3 Å². The molecule has 2 nitrogen and oxygen atoms in total. The van der Waals surface area contributed by atoms with E-state index in [1.54, 1.807) is 0 Å². The van der Waals surface area contributed by atoms with Crippen LogP contribution in [-0.2, 0) is 0 Å². The molecule has 116 valence electrons. The number of hydrogen-bond donors (Lipinski definition) is 2. The second kappa shape index (κ2) is 4.45. The summed E-state index contributed by atoms with van der Waals surface area (Å²) in [6.45, 7) is 4.72. The molecule has 0 heterocycles. The predicted molar refractivity (Wildman–Crippen MR) is 83.7 cm³/mol. The van der Waals surface area contributed by atoms with E-state index in [0.29, 0.717) is 17.3 Å². The third-order valence-corrected chi connectivity index (χ3v) is 7.25. The van der Waals surface area contributed by atoms with Crippen LogP contribution >= 0.6 is 0 Å². The third kappa shape index (κ3) is 1.85. The zero-order chi connectivity index (χ0) is 14.8. The lowest BCUT2D eigenvalue weighted by Gasteiger charge is -2.55. The summed E-state index contributed by atoms with van der Waals surface area (Å²) in [6, 6.07) is 0.